The Kier molecular flexibility index (Phi) is 6.92. The molecule has 1 aliphatic rings. The summed E-state index contributed by atoms with van der Waals surface area (Å²) in [5.41, 5.74) is 1.18. The quantitative estimate of drug-likeness (QED) is 0.745. The van der Waals surface area contributed by atoms with E-state index in [1.54, 1.807) is 16.4 Å². The standard InChI is InChI=1S/C21H36N2O2S/c1-17(2)11-14-22(6)19-12-15-23(16-13-19)26(24,25)20-9-7-18(8-10-20)21(3,4)5/h7-10,17,19H,11-16H2,1-6H3. The summed E-state index contributed by atoms with van der Waals surface area (Å²) in [5, 5.41) is 0. The Morgan fingerprint density at radius 2 is 1.65 bits per heavy atom. The van der Waals surface area contributed by atoms with Crippen molar-refractivity contribution in [2.75, 3.05) is 26.7 Å². The van der Waals surface area contributed by atoms with Gasteiger partial charge >= 0.3 is 0 Å². The largest absolute Gasteiger partial charge is 0.303 e. The summed E-state index contributed by atoms with van der Waals surface area (Å²) < 4.78 is 27.6. The topological polar surface area (TPSA) is 40.6 Å². The monoisotopic (exact) mass is 380 g/mol. The van der Waals surface area contributed by atoms with Crippen molar-refractivity contribution in [3.8, 4) is 0 Å². The lowest BCUT2D eigenvalue weighted by Gasteiger charge is -2.36. The molecule has 0 N–H and O–H groups in total. The van der Waals surface area contributed by atoms with Crippen LogP contribution < -0.4 is 0 Å². The summed E-state index contributed by atoms with van der Waals surface area (Å²) in [6.07, 6.45) is 3.01. The van der Waals surface area contributed by atoms with Crippen molar-refractivity contribution in [3.63, 3.8) is 0 Å². The molecule has 1 aromatic rings. The van der Waals surface area contributed by atoms with Gasteiger partial charge in [0.1, 0.15) is 0 Å². The molecule has 1 fully saturated rings. The lowest BCUT2D eigenvalue weighted by atomic mass is 9.87. The smallest absolute Gasteiger partial charge is 0.243 e. The van der Waals surface area contributed by atoms with Gasteiger partial charge in [-0.05, 0) is 61.9 Å². The summed E-state index contributed by atoms with van der Waals surface area (Å²) in [6.45, 7) is 13.2. The maximum atomic E-state index is 13.0. The van der Waals surface area contributed by atoms with Gasteiger partial charge in [0.05, 0.1) is 4.90 Å². The lowest BCUT2D eigenvalue weighted by Crippen LogP contribution is -2.45. The summed E-state index contributed by atoms with van der Waals surface area (Å²) >= 11 is 0. The van der Waals surface area contributed by atoms with Gasteiger partial charge in [-0.2, -0.15) is 4.31 Å². The number of hydrogen-bond donors (Lipinski definition) is 0. The zero-order valence-corrected chi connectivity index (χ0v) is 18.1. The minimum atomic E-state index is -3.38. The summed E-state index contributed by atoms with van der Waals surface area (Å²) in [5.74, 6) is 0.703. The van der Waals surface area contributed by atoms with Gasteiger partial charge in [-0.15, -0.1) is 0 Å². The van der Waals surface area contributed by atoms with E-state index in [0.717, 1.165) is 24.9 Å². The Labute approximate surface area is 160 Å². The molecule has 0 bridgehead atoms. The molecule has 0 radical (unpaired) electrons. The highest BCUT2D eigenvalue weighted by molar-refractivity contribution is 7.89. The molecule has 1 aliphatic heterocycles. The maximum Gasteiger partial charge on any atom is 0.243 e. The van der Waals surface area contributed by atoms with Crippen molar-refractivity contribution in [2.45, 2.75) is 70.2 Å². The van der Waals surface area contributed by atoms with Crippen LogP contribution in [-0.4, -0.2) is 50.3 Å². The van der Waals surface area contributed by atoms with E-state index in [2.05, 4.69) is 46.6 Å². The van der Waals surface area contributed by atoms with E-state index in [9.17, 15) is 8.42 Å². The number of rotatable bonds is 6. The van der Waals surface area contributed by atoms with E-state index in [1.807, 2.05) is 12.1 Å². The minimum Gasteiger partial charge on any atom is -0.303 e. The number of sulfonamides is 1. The Balaban J connectivity index is 1.99. The number of hydrogen-bond acceptors (Lipinski definition) is 3. The minimum absolute atomic E-state index is 0.0290. The molecule has 148 valence electrons. The van der Waals surface area contributed by atoms with E-state index in [-0.39, 0.29) is 5.41 Å². The fourth-order valence-electron chi connectivity index (χ4n) is 3.44. The molecule has 1 heterocycles. The SMILES string of the molecule is CC(C)CCN(C)C1CCN(S(=O)(=O)c2ccc(C(C)(C)C)cc2)CC1. The molecule has 1 saturated heterocycles. The number of piperidine rings is 1. The van der Waals surface area contributed by atoms with E-state index in [4.69, 9.17) is 0 Å². The maximum absolute atomic E-state index is 13.0. The first-order valence-corrected chi connectivity index (χ1v) is 11.3. The summed E-state index contributed by atoms with van der Waals surface area (Å²) in [7, 11) is -1.22. The van der Waals surface area contributed by atoms with Crippen LogP contribution >= 0.6 is 0 Å². The highest BCUT2D eigenvalue weighted by Gasteiger charge is 2.30. The molecule has 0 aromatic heterocycles. The first kappa shape index (κ1) is 21.4. The Morgan fingerprint density at radius 3 is 2.12 bits per heavy atom. The van der Waals surface area contributed by atoms with Crippen molar-refractivity contribution in [1.29, 1.82) is 0 Å². The molecule has 0 unspecified atom stereocenters. The van der Waals surface area contributed by atoms with Crippen LogP contribution in [0.5, 0.6) is 0 Å². The molecule has 2 rings (SSSR count). The van der Waals surface area contributed by atoms with Crippen LogP contribution in [0.25, 0.3) is 0 Å². The van der Waals surface area contributed by atoms with Crippen molar-refractivity contribution < 1.29 is 8.42 Å². The third kappa shape index (κ3) is 5.30. The molecule has 1 aromatic carbocycles. The van der Waals surface area contributed by atoms with Gasteiger partial charge in [0.25, 0.3) is 0 Å². The predicted octanol–water partition coefficient (Wildman–Crippen LogP) is 4.12. The second kappa shape index (κ2) is 8.41. The summed E-state index contributed by atoms with van der Waals surface area (Å²) in [4.78, 5) is 2.82. The van der Waals surface area contributed by atoms with Crippen LogP contribution in [-0.2, 0) is 15.4 Å². The van der Waals surface area contributed by atoms with Crippen LogP contribution in [0, 0.1) is 5.92 Å². The molecule has 0 atom stereocenters. The highest BCUT2D eigenvalue weighted by Crippen LogP contribution is 2.26. The fourth-order valence-corrected chi connectivity index (χ4v) is 4.91. The van der Waals surface area contributed by atoms with Gasteiger partial charge in [-0.3, -0.25) is 0 Å². The molecule has 26 heavy (non-hydrogen) atoms. The molecule has 0 spiro atoms. The average molecular weight is 381 g/mol. The van der Waals surface area contributed by atoms with Gasteiger partial charge in [0.15, 0.2) is 0 Å². The molecule has 0 amide bonds. The van der Waals surface area contributed by atoms with Gasteiger partial charge in [-0.25, -0.2) is 8.42 Å². The van der Waals surface area contributed by atoms with Gasteiger partial charge in [0.2, 0.25) is 10.0 Å². The Morgan fingerprint density at radius 1 is 1.12 bits per heavy atom. The fraction of sp³-hybridized carbons (Fsp3) is 0.714. The van der Waals surface area contributed by atoms with E-state index < -0.39 is 10.0 Å². The van der Waals surface area contributed by atoms with Crippen molar-refractivity contribution >= 4 is 10.0 Å². The number of benzene rings is 1. The third-order valence-corrected chi connectivity index (χ3v) is 7.38. The zero-order chi connectivity index (χ0) is 19.5. The molecule has 0 aliphatic carbocycles. The van der Waals surface area contributed by atoms with Crippen LogP contribution in [0.15, 0.2) is 29.2 Å². The third-order valence-electron chi connectivity index (χ3n) is 5.46. The van der Waals surface area contributed by atoms with Gasteiger partial charge in [0, 0.05) is 19.1 Å². The molecule has 0 saturated carbocycles. The molecular formula is C21H36N2O2S. The highest BCUT2D eigenvalue weighted by atomic mass is 32.2. The average Bonchev–Trinajstić information content (AvgIpc) is 2.59. The first-order chi connectivity index (χ1) is 12.0. The first-order valence-electron chi connectivity index (χ1n) is 9.82. The van der Waals surface area contributed by atoms with E-state index >= 15 is 0 Å². The van der Waals surface area contributed by atoms with Crippen molar-refractivity contribution in [2.24, 2.45) is 5.92 Å². The zero-order valence-electron chi connectivity index (χ0n) is 17.3. The van der Waals surface area contributed by atoms with Crippen LogP contribution in [0.1, 0.15) is 59.4 Å². The molecule has 4 nitrogen and oxygen atoms in total. The van der Waals surface area contributed by atoms with Crippen molar-refractivity contribution in [1.82, 2.24) is 9.21 Å². The Bertz CT molecular complexity index is 667. The number of nitrogens with zero attached hydrogens (tertiary/aromatic N) is 2. The van der Waals surface area contributed by atoms with Gasteiger partial charge < -0.3 is 4.90 Å². The molecule has 5 heteroatoms. The van der Waals surface area contributed by atoms with Crippen LogP contribution in [0.2, 0.25) is 0 Å². The van der Waals surface area contributed by atoms with Crippen LogP contribution in [0.4, 0.5) is 0 Å². The van der Waals surface area contributed by atoms with Gasteiger partial charge in [-0.1, -0.05) is 46.8 Å². The second-order valence-corrected chi connectivity index (χ2v) is 11.0. The predicted molar refractivity (Wildman–Crippen MR) is 109 cm³/mol. The van der Waals surface area contributed by atoms with Crippen LogP contribution in [0.3, 0.4) is 0 Å². The lowest BCUT2D eigenvalue weighted by molar-refractivity contribution is 0.162. The molecular weight excluding hydrogens is 344 g/mol. The Hall–Kier alpha value is -0.910. The normalized spacial score (nSPS) is 18.0. The second-order valence-electron chi connectivity index (χ2n) is 9.07. The van der Waals surface area contributed by atoms with E-state index in [1.165, 1.54) is 6.42 Å². The summed E-state index contributed by atoms with van der Waals surface area (Å²) in [6, 6.07) is 7.90. The van der Waals surface area contributed by atoms with Crippen molar-refractivity contribution in [3.05, 3.63) is 29.8 Å². The van der Waals surface area contributed by atoms with E-state index in [0.29, 0.717) is 29.9 Å².